The molecule has 3 aromatic carbocycles. The lowest BCUT2D eigenvalue weighted by Gasteiger charge is -2.15. The summed E-state index contributed by atoms with van der Waals surface area (Å²) in [6.07, 6.45) is 5.89. The van der Waals surface area contributed by atoms with Crippen LogP contribution in [0.5, 0.6) is 5.75 Å². The number of nitrogens with one attached hydrogen (secondary N) is 1. The number of carboxylic acids is 1. The lowest BCUT2D eigenvalue weighted by atomic mass is 9.96. The quantitative estimate of drug-likeness (QED) is 0.149. The molecule has 7 nitrogen and oxygen atoms in total. The molecular formula is C30H26Cl2N2O5. The minimum Gasteiger partial charge on any atom is -0.494 e. The zero-order chi connectivity index (χ0) is 27.8. The molecule has 2 N–H and O–H groups in total. The molecule has 0 amide bonds. The number of rotatable bonds is 11. The third-order valence-electron chi connectivity index (χ3n) is 5.95. The first-order valence-electron chi connectivity index (χ1n) is 12.1. The van der Waals surface area contributed by atoms with Gasteiger partial charge in [0.2, 0.25) is 0 Å². The number of hydrogen-bond donors (Lipinski definition) is 2. The molecule has 0 fully saturated rings. The van der Waals surface area contributed by atoms with Crippen LogP contribution in [0.25, 0.3) is 23.3 Å². The summed E-state index contributed by atoms with van der Waals surface area (Å²) in [5, 5.41) is 9.55. The average molecular weight is 565 g/mol. The van der Waals surface area contributed by atoms with Crippen LogP contribution < -0.4 is 4.74 Å². The fourth-order valence-electron chi connectivity index (χ4n) is 4.01. The van der Waals surface area contributed by atoms with Crippen LogP contribution in [0.4, 0.5) is 0 Å². The van der Waals surface area contributed by atoms with E-state index in [1.54, 1.807) is 24.4 Å². The van der Waals surface area contributed by atoms with Crippen molar-refractivity contribution in [3.63, 3.8) is 0 Å². The highest BCUT2D eigenvalue weighted by atomic mass is 35.5. The zero-order valence-electron chi connectivity index (χ0n) is 21.1. The maximum Gasteiger partial charge on any atom is 0.319 e. The van der Waals surface area contributed by atoms with Gasteiger partial charge in [-0.3, -0.25) is 9.59 Å². The van der Waals surface area contributed by atoms with Crippen molar-refractivity contribution < 1.29 is 24.2 Å². The molecule has 1 unspecified atom stereocenters. The molecule has 0 aliphatic heterocycles. The molecule has 9 heteroatoms. The van der Waals surface area contributed by atoms with Gasteiger partial charge < -0.3 is 19.6 Å². The number of aliphatic carboxylic acids is 1. The van der Waals surface area contributed by atoms with Crippen molar-refractivity contribution in [2.45, 2.75) is 18.8 Å². The summed E-state index contributed by atoms with van der Waals surface area (Å²) in [4.78, 5) is 30.8. The molecule has 1 atom stereocenters. The van der Waals surface area contributed by atoms with Crippen LogP contribution in [0.2, 0.25) is 10.0 Å². The summed E-state index contributed by atoms with van der Waals surface area (Å²) >= 11 is 12.4. The number of carboxylic acid groups (broad SMARTS) is 1. The van der Waals surface area contributed by atoms with Crippen molar-refractivity contribution in [1.82, 2.24) is 9.97 Å². The van der Waals surface area contributed by atoms with Gasteiger partial charge in [0.15, 0.2) is 0 Å². The molecular weight excluding hydrogens is 539 g/mol. The van der Waals surface area contributed by atoms with Gasteiger partial charge in [0, 0.05) is 22.7 Å². The summed E-state index contributed by atoms with van der Waals surface area (Å²) in [6, 6.07) is 20.6. The Labute approximate surface area is 236 Å². The zero-order valence-corrected chi connectivity index (χ0v) is 22.6. The second kappa shape index (κ2) is 13.1. The SMILES string of the molecule is COC(=O)C(c1cnc(C=Cc2cccc(-c3ccc(OCCCC(=O)O)cc3)c2)[nH]1)c1ccc(Cl)cc1Cl. The highest BCUT2D eigenvalue weighted by Gasteiger charge is 2.27. The minimum atomic E-state index is -0.830. The Morgan fingerprint density at radius 1 is 1.03 bits per heavy atom. The number of aromatic amines is 1. The Morgan fingerprint density at radius 2 is 1.82 bits per heavy atom. The molecule has 0 aliphatic rings. The molecule has 1 aromatic heterocycles. The van der Waals surface area contributed by atoms with Gasteiger partial charge in [-0.15, -0.1) is 0 Å². The van der Waals surface area contributed by atoms with Crippen LogP contribution in [0.3, 0.4) is 0 Å². The highest BCUT2D eigenvalue weighted by molar-refractivity contribution is 6.35. The lowest BCUT2D eigenvalue weighted by molar-refractivity contribution is -0.141. The number of imidazole rings is 1. The second-order valence-corrected chi connectivity index (χ2v) is 9.52. The van der Waals surface area contributed by atoms with E-state index in [0.717, 1.165) is 16.7 Å². The fourth-order valence-corrected chi connectivity index (χ4v) is 4.53. The van der Waals surface area contributed by atoms with E-state index < -0.39 is 17.9 Å². The smallest absolute Gasteiger partial charge is 0.319 e. The number of carbonyl (C=O) groups is 2. The molecule has 1 heterocycles. The Morgan fingerprint density at radius 3 is 2.54 bits per heavy atom. The van der Waals surface area contributed by atoms with Gasteiger partial charge in [0.05, 0.1) is 19.4 Å². The van der Waals surface area contributed by atoms with Crippen molar-refractivity contribution in [2.24, 2.45) is 0 Å². The maximum absolute atomic E-state index is 12.6. The van der Waals surface area contributed by atoms with E-state index in [-0.39, 0.29) is 6.42 Å². The lowest BCUT2D eigenvalue weighted by Crippen LogP contribution is -2.16. The number of ether oxygens (including phenoxy) is 2. The Kier molecular flexibility index (Phi) is 9.41. The first kappa shape index (κ1) is 28.0. The molecule has 0 radical (unpaired) electrons. The Balaban J connectivity index is 1.47. The van der Waals surface area contributed by atoms with Crippen LogP contribution in [0.15, 0.2) is 72.9 Å². The largest absolute Gasteiger partial charge is 0.494 e. The van der Waals surface area contributed by atoms with E-state index in [1.807, 2.05) is 60.7 Å². The number of carbonyl (C=O) groups excluding carboxylic acids is 1. The average Bonchev–Trinajstić information content (AvgIpc) is 3.40. The van der Waals surface area contributed by atoms with Crippen molar-refractivity contribution in [1.29, 1.82) is 0 Å². The molecule has 39 heavy (non-hydrogen) atoms. The summed E-state index contributed by atoms with van der Waals surface area (Å²) < 4.78 is 10.6. The fraction of sp³-hybridized carbons (Fsp3) is 0.167. The van der Waals surface area contributed by atoms with Gasteiger partial charge in [-0.25, -0.2) is 4.98 Å². The van der Waals surface area contributed by atoms with Crippen LogP contribution in [0, 0.1) is 0 Å². The number of H-pyrrole nitrogens is 1. The van der Waals surface area contributed by atoms with Gasteiger partial charge >= 0.3 is 11.9 Å². The third kappa shape index (κ3) is 7.50. The van der Waals surface area contributed by atoms with E-state index in [0.29, 0.717) is 45.9 Å². The van der Waals surface area contributed by atoms with Crippen LogP contribution in [0.1, 0.15) is 41.4 Å². The van der Waals surface area contributed by atoms with Crippen LogP contribution in [-0.4, -0.2) is 40.7 Å². The molecule has 0 saturated carbocycles. The Bertz CT molecular complexity index is 1480. The van der Waals surface area contributed by atoms with E-state index in [9.17, 15) is 9.59 Å². The standard InChI is InChI=1S/C30H26Cl2N2O5/c1-38-30(37)29(24-13-10-22(31)17-25(24)32)26-18-33-27(34-26)14-7-19-4-2-5-21(16-19)20-8-11-23(12-9-20)39-15-3-6-28(35)36/h2,4-5,7-14,16-18,29H,3,6,15H2,1H3,(H,33,34)(H,35,36). The van der Waals surface area contributed by atoms with E-state index >= 15 is 0 Å². The number of nitrogens with zero attached hydrogens (tertiary/aromatic N) is 1. The first-order valence-corrected chi connectivity index (χ1v) is 12.9. The minimum absolute atomic E-state index is 0.0836. The van der Waals surface area contributed by atoms with Crippen molar-refractivity contribution in [3.8, 4) is 16.9 Å². The van der Waals surface area contributed by atoms with E-state index in [1.165, 1.54) is 7.11 Å². The summed E-state index contributed by atoms with van der Waals surface area (Å²) in [7, 11) is 1.33. The Hall–Kier alpha value is -4.07. The molecule has 4 rings (SSSR count). The molecule has 4 aromatic rings. The van der Waals surface area contributed by atoms with Crippen LogP contribution >= 0.6 is 23.2 Å². The summed E-state index contributed by atoms with van der Waals surface area (Å²) in [5.41, 5.74) is 4.12. The summed E-state index contributed by atoms with van der Waals surface area (Å²) in [5.74, 6) is -0.814. The first-order chi connectivity index (χ1) is 18.8. The maximum atomic E-state index is 12.6. The normalized spacial score (nSPS) is 11.9. The topological polar surface area (TPSA) is 102 Å². The van der Waals surface area contributed by atoms with Crippen molar-refractivity contribution >= 4 is 47.3 Å². The molecule has 0 bridgehead atoms. The van der Waals surface area contributed by atoms with Gasteiger partial charge in [-0.1, -0.05) is 65.7 Å². The molecule has 0 spiro atoms. The predicted molar refractivity (Wildman–Crippen MR) is 152 cm³/mol. The predicted octanol–water partition coefficient (Wildman–Crippen LogP) is 7.10. The number of methoxy groups -OCH3 is 1. The van der Waals surface area contributed by atoms with Crippen molar-refractivity contribution in [2.75, 3.05) is 13.7 Å². The van der Waals surface area contributed by atoms with E-state index in [4.69, 9.17) is 37.8 Å². The highest BCUT2D eigenvalue weighted by Crippen LogP contribution is 2.32. The van der Waals surface area contributed by atoms with Crippen molar-refractivity contribution in [3.05, 3.63) is 106 Å². The van der Waals surface area contributed by atoms with Gasteiger partial charge in [0.1, 0.15) is 17.5 Å². The molecule has 200 valence electrons. The number of benzene rings is 3. The molecule has 0 aliphatic carbocycles. The number of aromatic nitrogens is 2. The van der Waals surface area contributed by atoms with Gasteiger partial charge in [-0.2, -0.15) is 0 Å². The monoisotopic (exact) mass is 564 g/mol. The van der Waals surface area contributed by atoms with Gasteiger partial charge in [-0.05, 0) is 65.1 Å². The van der Waals surface area contributed by atoms with Gasteiger partial charge in [0.25, 0.3) is 0 Å². The third-order valence-corrected chi connectivity index (χ3v) is 6.51. The number of halogens is 2. The number of esters is 1. The molecule has 0 saturated heterocycles. The van der Waals surface area contributed by atoms with E-state index in [2.05, 4.69) is 9.97 Å². The van der Waals surface area contributed by atoms with Crippen LogP contribution in [-0.2, 0) is 14.3 Å². The number of hydrogen-bond acceptors (Lipinski definition) is 5. The summed E-state index contributed by atoms with van der Waals surface area (Å²) in [6.45, 7) is 0.355. The second-order valence-electron chi connectivity index (χ2n) is 8.67.